The monoisotopic (exact) mass is 276 g/mol. The summed E-state index contributed by atoms with van der Waals surface area (Å²) in [6.07, 6.45) is 4.41. The normalized spacial score (nSPS) is 13.5. The van der Waals surface area contributed by atoms with Crippen molar-refractivity contribution in [2.45, 2.75) is 38.6 Å². The van der Waals surface area contributed by atoms with Crippen LogP contribution in [0.25, 0.3) is 0 Å². The predicted octanol–water partition coefficient (Wildman–Crippen LogP) is 2.73. The highest BCUT2D eigenvalue weighted by molar-refractivity contribution is 7.09. The molecule has 0 aliphatic rings. The number of nitrogens with one attached hydrogen (secondary N) is 1. The van der Waals surface area contributed by atoms with Crippen LogP contribution in [0.5, 0.6) is 0 Å². The van der Waals surface area contributed by atoms with E-state index in [2.05, 4.69) is 41.7 Å². The molecule has 0 radical (unpaired) electrons. The lowest BCUT2D eigenvalue weighted by atomic mass is 9.93. The minimum absolute atomic E-state index is 0.113. The molecular weight excluding hydrogens is 256 g/mol. The summed E-state index contributed by atoms with van der Waals surface area (Å²) in [5.74, 6) is 0. The number of likely N-dealkylation sites (N-methyl/N-ethyl adjacent to an activating group) is 1. The SMILES string of the molecule is CNC(Cc1nc(C(C)(C)C)cs1)c1ccnnc1. The second-order valence-corrected chi connectivity index (χ2v) is 6.54. The van der Waals surface area contributed by atoms with Crippen LogP contribution >= 0.6 is 11.3 Å². The van der Waals surface area contributed by atoms with Gasteiger partial charge >= 0.3 is 0 Å². The van der Waals surface area contributed by atoms with Gasteiger partial charge in [0, 0.05) is 29.5 Å². The Morgan fingerprint density at radius 1 is 1.32 bits per heavy atom. The molecule has 19 heavy (non-hydrogen) atoms. The topological polar surface area (TPSA) is 50.7 Å². The molecule has 2 aromatic heterocycles. The Morgan fingerprint density at radius 3 is 2.63 bits per heavy atom. The maximum absolute atomic E-state index is 4.74. The Morgan fingerprint density at radius 2 is 2.11 bits per heavy atom. The zero-order valence-corrected chi connectivity index (χ0v) is 12.7. The third kappa shape index (κ3) is 3.58. The molecule has 2 heterocycles. The van der Waals surface area contributed by atoms with Crippen LogP contribution in [0.3, 0.4) is 0 Å². The van der Waals surface area contributed by atoms with Crippen LogP contribution in [-0.4, -0.2) is 22.2 Å². The van der Waals surface area contributed by atoms with E-state index in [1.807, 2.05) is 13.1 Å². The van der Waals surface area contributed by atoms with Gasteiger partial charge in [0.15, 0.2) is 0 Å². The van der Waals surface area contributed by atoms with Crippen molar-refractivity contribution in [2.75, 3.05) is 7.05 Å². The molecular formula is C14H20N4S. The molecule has 0 aliphatic heterocycles. The fourth-order valence-electron chi connectivity index (χ4n) is 1.82. The molecule has 0 spiro atoms. The minimum atomic E-state index is 0.113. The molecule has 2 rings (SSSR count). The second-order valence-electron chi connectivity index (χ2n) is 5.60. The molecule has 102 valence electrons. The molecule has 2 aromatic rings. The Kier molecular flexibility index (Phi) is 4.27. The van der Waals surface area contributed by atoms with E-state index in [0.29, 0.717) is 0 Å². The van der Waals surface area contributed by atoms with Crippen molar-refractivity contribution in [3.63, 3.8) is 0 Å². The van der Waals surface area contributed by atoms with E-state index in [-0.39, 0.29) is 11.5 Å². The molecule has 1 N–H and O–H groups in total. The van der Waals surface area contributed by atoms with Crippen LogP contribution in [0.1, 0.15) is 43.1 Å². The third-order valence-corrected chi connectivity index (χ3v) is 3.93. The Balaban J connectivity index is 2.13. The molecule has 5 heteroatoms. The van der Waals surface area contributed by atoms with E-state index in [4.69, 9.17) is 4.98 Å². The number of hydrogen-bond donors (Lipinski definition) is 1. The highest BCUT2D eigenvalue weighted by Crippen LogP contribution is 2.26. The summed E-state index contributed by atoms with van der Waals surface area (Å²) in [4.78, 5) is 4.74. The van der Waals surface area contributed by atoms with Crippen LogP contribution in [0.15, 0.2) is 23.8 Å². The van der Waals surface area contributed by atoms with Crippen LogP contribution < -0.4 is 5.32 Å². The van der Waals surface area contributed by atoms with E-state index >= 15 is 0 Å². The minimum Gasteiger partial charge on any atom is -0.313 e. The number of aromatic nitrogens is 3. The molecule has 4 nitrogen and oxygen atoms in total. The predicted molar refractivity (Wildman–Crippen MR) is 78.4 cm³/mol. The summed E-state index contributed by atoms with van der Waals surface area (Å²) in [6, 6.07) is 2.22. The van der Waals surface area contributed by atoms with Crippen LogP contribution in [-0.2, 0) is 11.8 Å². The van der Waals surface area contributed by atoms with Gasteiger partial charge in [-0.1, -0.05) is 20.8 Å². The highest BCUT2D eigenvalue weighted by Gasteiger charge is 2.19. The van der Waals surface area contributed by atoms with Crippen molar-refractivity contribution in [1.82, 2.24) is 20.5 Å². The largest absolute Gasteiger partial charge is 0.313 e. The van der Waals surface area contributed by atoms with Gasteiger partial charge in [-0.3, -0.25) is 0 Å². The fraction of sp³-hybridized carbons (Fsp3) is 0.500. The van der Waals surface area contributed by atoms with Crippen LogP contribution in [0, 0.1) is 0 Å². The van der Waals surface area contributed by atoms with E-state index in [0.717, 1.165) is 22.7 Å². The molecule has 0 bridgehead atoms. The van der Waals surface area contributed by atoms with Crippen molar-refractivity contribution in [3.8, 4) is 0 Å². The van der Waals surface area contributed by atoms with Gasteiger partial charge < -0.3 is 5.32 Å². The number of thiazole rings is 1. The van der Waals surface area contributed by atoms with Gasteiger partial charge in [-0.25, -0.2) is 4.98 Å². The maximum atomic E-state index is 4.74. The summed E-state index contributed by atoms with van der Waals surface area (Å²) in [6.45, 7) is 6.57. The van der Waals surface area contributed by atoms with Gasteiger partial charge in [-0.2, -0.15) is 10.2 Å². The zero-order valence-electron chi connectivity index (χ0n) is 11.8. The summed E-state index contributed by atoms with van der Waals surface area (Å²) in [5, 5.41) is 14.4. The molecule has 1 atom stereocenters. The molecule has 1 unspecified atom stereocenters. The quantitative estimate of drug-likeness (QED) is 0.933. The third-order valence-electron chi connectivity index (χ3n) is 3.06. The Labute approximate surface area is 118 Å². The van der Waals surface area contributed by atoms with E-state index < -0.39 is 0 Å². The zero-order chi connectivity index (χ0) is 13.9. The van der Waals surface area contributed by atoms with E-state index in [1.165, 1.54) is 0 Å². The van der Waals surface area contributed by atoms with Gasteiger partial charge in [-0.15, -0.1) is 11.3 Å². The van der Waals surface area contributed by atoms with Gasteiger partial charge in [0.05, 0.1) is 16.9 Å². The maximum Gasteiger partial charge on any atom is 0.0947 e. The Hall–Kier alpha value is -1.33. The standard InChI is InChI=1S/C14H20N4S/c1-14(2,3)12-9-19-13(18-12)7-11(15-4)10-5-6-16-17-8-10/h5-6,8-9,11,15H,7H2,1-4H3. The summed E-state index contributed by atoms with van der Waals surface area (Å²) < 4.78 is 0. The fourth-order valence-corrected chi connectivity index (χ4v) is 2.89. The van der Waals surface area contributed by atoms with Crippen molar-refractivity contribution in [1.29, 1.82) is 0 Å². The lowest BCUT2D eigenvalue weighted by molar-refractivity contribution is 0.559. The molecule has 0 aliphatic carbocycles. The number of rotatable bonds is 4. The Bertz CT molecular complexity index is 516. The second kappa shape index (κ2) is 5.75. The summed E-state index contributed by atoms with van der Waals surface area (Å²) in [5.41, 5.74) is 2.42. The van der Waals surface area contributed by atoms with Crippen molar-refractivity contribution in [3.05, 3.63) is 40.1 Å². The molecule has 0 amide bonds. The van der Waals surface area contributed by atoms with Gasteiger partial charge in [0.2, 0.25) is 0 Å². The van der Waals surface area contributed by atoms with E-state index in [1.54, 1.807) is 23.7 Å². The summed E-state index contributed by atoms with van der Waals surface area (Å²) in [7, 11) is 1.96. The lowest BCUT2D eigenvalue weighted by Crippen LogP contribution is -2.19. The van der Waals surface area contributed by atoms with Gasteiger partial charge in [0.25, 0.3) is 0 Å². The van der Waals surface area contributed by atoms with E-state index in [9.17, 15) is 0 Å². The average Bonchev–Trinajstić information content (AvgIpc) is 2.85. The van der Waals surface area contributed by atoms with Gasteiger partial charge in [-0.05, 0) is 18.7 Å². The molecule has 0 saturated carbocycles. The first-order valence-corrected chi connectivity index (χ1v) is 7.27. The first-order valence-electron chi connectivity index (χ1n) is 6.39. The number of nitrogens with zero attached hydrogens (tertiary/aromatic N) is 3. The highest BCUT2D eigenvalue weighted by atomic mass is 32.1. The molecule has 0 fully saturated rings. The first kappa shape index (κ1) is 14.1. The van der Waals surface area contributed by atoms with Gasteiger partial charge in [0.1, 0.15) is 0 Å². The first-order chi connectivity index (χ1) is 9.00. The molecule has 0 aromatic carbocycles. The van der Waals surface area contributed by atoms with Crippen molar-refractivity contribution in [2.24, 2.45) is 0 Å². The average molecular weight is 276 g/mol. The van der Waals surface area contributed by atoms with Crippen LogP contribution in [0.2, 0.25) is 0 Å². The summed E-state index contributed by atoms with van der Waals surface area (Å²) >= 11 is 1.73. The van der Waals surface area contributed by atoms with Crippen molar-refractivity contribution < 1.29 is 0 Å². The lowest BCUT2D eigenvalue weighted by Gasteiger charge is -2.16. The van der Waals surface area contributed by atoms with Crippen molar-refractivity contribution >= 4 is 11.3 Å². The smallest absolute Gasteiger partial charge is 0.0947 e. The number of hydrogen-bond acceptors (Lipinski definition) is 5. The van der Waals surface area contributed by atoms with Crippen LogP contribution in [0.4, 0.5) is 0 Å². The molecule has 0 saturated heterocycles.